The number of nitrogens with zero attached hydrogens (tertiary/aromatic N) is 3. The highest BCUT2D eigenvalue weighted by Gasteiger charge is 2.05. The van der Waals surface area contributed by atoms with Gasteiger partial charge in [0.1, 0.15) is 10.7 Å². The van der Waals surface area contributed by atoms with Gasteiger partial charge in [0.15, 0.2) is 0 Å². The molecule has 2 heterocycles. The maximum atomic E-state index is 5.62. The molecule has 0 radical (unpaired) electrons. The van der Waals surface area contributed by atoms with Gasteiger partial charge in [-0.15, -0.1) is 0 Å². The van der Waals surface area contributed by atoms with E-state index in [1.165, 1.54) is 5.69 Å². The smallest absolute Gasteiger partial charge is 0.124 e. The van der Waals surface area contributed by atoms with Crippen LogP contribution in [0, 0.1) is 0 Å². The summed E-state index contributed by atoms with van der Waals surface area (Å²) in [4.78, 5) is 4.47. The summed E-state index contributed by atoms with van der Waals surface area (Å²) in [6.45, 7) is 0.779. The maximum Gasteiger partial charge on any atom is 0.124 e. The third-order valence-electron chi connectivity index (χ3n) is 2.66. The molecule has 0 fully saturated rings. The molecule has 0 bridgehead atoms. The van der Waals surface area contributed by atoms with Crippen molar-refractivity contribution in [2.45, 2.75) is 6.42 Å². The topological polar surface area (TPSA) is 68.8 Å². The molecule has 0 spiro atoms. The van der Waals surface area contributed by atoms with Crippen molar-refractivity contribution in [3.63, 3.8) is 0 Å². The van der Waals surface area contributed by atoms with E-state index in [2.05, 4.69) is 15.4 Å². The molecule has 94 valence electrons. The number of pyridine rings is 1. The summed E-state index contributed by atoms with van der Waals surface area (Å²) >= 11 is 4.96. The fraction of sp³-hybridized carbons (Fsp3) is 0.250. The summed E-state index contributed by atoms with van der Waals surface area (Å²) in [6, 6.07) is 5.78. The molecule has 6 heteroatoms. The Balaban J connectivity index is 1.99. The van der Waals surface area contributed by atoms with Crippen molar-refractivity contribution in [1.82, 2.24) is 14.8 Å². The quantitative estimate of drug-likeness (QED) is 0.789. The summed E-state index contributed by atoms with van der Waals surface area (Å²) in [5.41, 5.74) is 8.29. The van der Waals surface area contributed by atoms with Crippen LogP contribution < -0.4 is 11.1 Å². The van der Waals surface area contributed by atoms with Crippen LogP contribution in [0.2, 0.25) is 0 Å². The molecule has 0 aliphatic carbocycles. The zero-order valence-corrected chi connectivity index (χ0v) is 10.9. The van der Waals surface area contributed by atoms with Gasteiger partial charge in [-0.1, -0.05) is 12.2 Å². The van der Waals surface area contributed by atoms with E-state index in [1.807, 2.05) is 29.9 Å². The Hall–Kier alpha value is -1.95. The van der Waals surface area contributed by atoms with E-state index in [1.54, 1.807) is 12.4 Å². The van der Waals surface area contributed by atoms with Crippen LogP contribution in [0.3, 0.4) is 0 Å². The lowest BCUT2D eigenvalue weighted by Gasteiger charge is -2.10. The van der Waals surface area contributed by atoms with Crippen LogP contribution >= 0.6 is 12.2 Å². The zero-order valence-electron chi connectivity index (χ0n) is 10.1. The number of nitrogens with one attached hydrogen (secondary N) is 1. The van der Waals surface area contributed by atoms with Crippen LogP contribution in [0.15, 0.2) is 30.6 Å². The molecule has 0 aliphatic rings. The highest BCUT2D eigenvalue weighted by Crippen LogP contribution is 2.11. The van der Waals surface area contributed by atoms with Crippen molar-refractivity contribution >= 4 is 22.9 Å². The van der Waals surface area contributed by atoms with Gasteiger partial charge in [0.2, 0.25) is 0 Å². The lowest BCUT2D eigenvalue weighted by Crippen LogP contribution is -2.16. The summed E-state index contributed by atoms with van der Waals surface area (Å²) in [6.07, 6.45) is 4.35. The van der Waals surface area contributed by atoms with Crippen molar-refractivity contribution in [3.05, 3.63) is 42.0 Å². The first kappa shape index (κ1) is 12.5. The second kappa shape index (κ2) is 5.59. The Labute approximate surface area is 111 Å². The number of nitrogens with two attached hydrogens (primary N) is 1. The molecule has 2 aromatic rings. The summed E-state index contributed by atoms with van der Waals surface area (Å²) in [5.74, 6) is 0. The van der Waals surface area contributed by atoms with Crippen molar-refractivity contribution in [2.24, 2.45) is 12.8 Å². The summed E-state index contributed by atoms with van der Waals surface area (Å²) in [5, 5.41) is 7.41. The second-order valence-corrected chi connectivity index (χ2v) is 4.33. The number of aryl methyl sites for hydroxylation is 1. The molecule has 0 aliphatic heterocycles. The minimum Gasteiger partial charge on any atom is -0.388 e. The Morgan fingerprint density at radius 2 is 2.28 bits per heavy atom. The predicted molar refractivity (Wildman–Crippen MR) is 75.5 cm³/mol. The van der Waals surface area contributed by atoms with Gasteiger partial charge < -0.3 is 11.1 Å². The highest BCUT2D eigenvalue weighted by molar-refractivity contribution is 7.80. The average Bonchev–Trinajstić information content (AvgIpc) is 2.76. The highest BCUT2D eigenvalue weighted by atomic mass is 32.1. The van der Waals surface area contributed by atoms with Crippen LogP contribution in [0.4, 0.5) is 5.69 Å². The standard InChI is InChI=1S/C12H15N5S/c1-17-9(5-8-16-17)4-7-14-10-3-2-6-15-11(10)12(13)18/h2-3,5-6,8,14H,4,7H2,1H3,(H2,13,18). The van der Waals surface area contributed by atoms with Gasteiger partial charge in [0.05, 0.1) is 5.69 Å². The van der Waals surface area contributed by atoms with Crippen LogP contribution in [-0.2, 0) is 13.5 Å². The SMILES string of the molecule is Cn1nccc1CCNc1cccnc1C(N)=S. The van der Waals surface area contributed by atoms with Gasteiger partial charge in [0, 0.05) is 38.1 Å². The monoisotopic (exact) mass is 261 g/mol. The van der Waals surface area contributed by atoms with Crippen molar-refractivity contribution in [2.75, 3.05) is 11.9 Å². The molecule has 5 nitrogen and oxygen atoms in total. The predicted octanol–water partition coefficient (Wildman–Crippen LogP) is 1.10. The molecule has 0 aromatic carbocycles. The largest absolute Gasteiger partial charge is 0.388 e. The molecular weight excluding hydrogens is 246 g/mol. The zero-order chi connectivity index (χ0) is 13.0. The molecule has 2 rings (SSSR count). The number of aromatic nitrogens is 3. The van der Waals surface area contributed by atoms with E-state index in [0.29, 0.717) is 10.7 Å². The second-order valence-electron chi connectivity index (χ2n) is 3.89. The van der Waals surface area contributed by atoms with E-state index >= 15 is 0 Å². The molecule has 2 aromatic heterocycles. The minimum atomic E-state index is 0.304. The average molecular weight is 261 g/mol. The number of rotatable bonds is 5. The number of anilines is 1. The Kier molecular flexibility index (Phi) is 3.88. The molecule has 3 N–H and O–H groups in total. The minimum absolute atomic E-state index is 0.304. The number of thiocarbonyl (C=S) groups is 1. The van der Waals surface area contributed by atoms with E-state index in [-0.39, 0.29) is 0 Å². The van der Waals surface area contributed by atoms with Crippen molar-refractivity contribution in [1.29, 1.82) is 0 Å². The lowest BCUT2D eigenvalue weighted by molar-refractivity contribution is 0.711. The normalized spacial score (nSPS) is 10.3. The molecule has 0 atom stereocenters. The summed E-state index contributed by atoms with van der Waals surface area (Å²) < 4.78 is 1.86. The maximum absolute atomic E-state index is 5.62. The van der Waals surface area contributed by atoms with E-state index in [4.69, 9.17) is 18.0 Å². The Bertz CT molecular complexity index is 549. The van der Waals surface area contributed by atoms with E-state index in [0.717, 1.165) is 18.7 Å². The molecule has 0 saturated heterocycles. The van der Waals surface area contributed by atoms with Crippen molar-refractivity contribution in [3.8, 4) is 0 Å². The fourth-order valence-electron chi connectivity index (χ4n) is 1.72. The van der Waals surface area contributed by atoms with Gasteiger partial charge in [-0.3, -0.25) is 9.67 Å². The molecular formula is C12H15N5S. The third-order valence-corrected chi connectivity index (χ3v) is 2.85. The number of hydrogen-bond acceptors (Lipinski definition) is 4. The van der Waals surface area contributed by atoms with Crippen molar-refractivity contribution < 1.29 is 0 Å². The van der Waals surface area contributed by atoms with Crippen LogP contribution in [0.5, 0.6) is 0 Å². The van der Waals surface area contributed by atoms with E-state index in [9.17, 15) is 0 Å². The summed E-state index contributed by atoms with van der Waals surface area (Å²) in [7, 11) is 1.93. The Morgan fingerprint density at radius 3 is 2.94 bits per heavy atom. The van der Waals surface area contributed by atoms with Crippen LogP contribution in [0.25, 0.3) is 0 Å². The van der Waals surface area contributed by atoms with Crippen LogP contribution in [0.1, 0.15) is 11.4 Å². The molecule has 0 amide bonds. The van der Waals surface area contributed by atoms with Gasteiger partial charge in [-0.2, -0.15) is 5.10 Å². The number of hydrogen-bond donors (Lipinski definition) is 2. The fourth-order valence-corrected chi connectivity index (χ4v) is 1.88. The lowest BCUT2D eigenvalue weighted by atomic mass is 10.2. The molecule has 0 saturated carbocycles. The van der Waals surface area contributed by atoms with Gasteiger partial charge >= 0.3 is 0 Å². The third kappa shape index (κ3) is 2.84. The molecule has 18 heavy (non-hydrogen) atoms. The van der Waals surface area contributed by atoms with Gasteiger partial charge in [-0.05, 0) is 18.2 Å². The van der Waals surface area contributed by atoms with Gasteiger partial charge in [-0.25, -0.2) is 0 Å². The first-order valence-corrected chi connectivity index (χ1v) is 6.05. The van der Waals surface area contributed by atoms with E-state index < -0.39 is 0 Å². The first-order valence-electron chi connectivity index (χ1n) is 5.64. The van der Waals surface area contributed by atoms with Crippen LogP contribution in [-0.4, -0.2) is 26.3 Å². The van der Waals surface area contributed by atoms with Gasteiger partial charge in [0.25, 0.3) is 0 Å². The first-order chi connectivity index (χ1) is 8.68. The Morgan fingerprint density at radius 1 is 1.44 bits per heavy atom. The molecule has 0 unspecified atom stereocenters.